The maximum Gasteiger partial charge on any atom is 0.136 e. The van der Waals surface area contributed by atoms with Crippen LogP contribution in [-0.2, 0) is 21.7 Å². The molecular weight excluding hydrogens is 1750 g/mol. The molecule has 145 heavy (non-hydrogen) atoms. The first kappa shape index (κ1) is 84.5. The highest BCUT2D eigenvalue weighted by Crippen LogP contribution is 2.63. The van der Waals surface area contributed by atoms with Crippen LogP contribution in [0.25, 0.3) is 262 Å². The Bertz CT molecular complexity index is 10200. The number of hydrogen-bond donors (Lipinski definition) is 0. The highest BCUT2D eigenvalue weighted by atomic mass is 16.3. The number of rotatable bonds is 6. The van der Waals surface area contributed by atoms with Gasteiger partial charge in [0.1, 0.15) is 11.2 Å². The van der Waals surface area contributed by atoms with Crippen LogP contribution in [-0.4, -0.2) is 0 Å². The van der Waals surface area contributed by atoms with Crippen LogP contribution in [0.3, 0.4) is 0 Å². The second-order valence-electron chi connectivity index (χ2n) is 42.8. The third-order valence-electron chi connectivity index (χ3n) is 33.8. The summed E-state index contributed by atoms with van der Waals surface area (Å²) in [6.45, 7) is 19.3. The van der Waals surface area contributed by atoms with Crippen molar-refractivity contribution in [3.05, 3.63) is 506 Å². The van der Waals surface area contributed by atoms with E-state index in [1.54, 1.807) is 0 Å². The molecule has 31 rings (SSSR count). The Kier molecular flexibility index (Phi) is 18.4. The summed E-state index contributed by atoms with van der Waals surface area (Å²) in [6.07, 6.45) is 0. The maximum absolute atomic E-state index is 6.42. The molecule has 0 saturated heterocycles. The van der Waals surface area contributed by atoms with Gasteiger partial charge in [-0.25, -0.2) is 0 Å². The van der Waals surface area contributed by atoms with Crippen molar-refractivity contribution in [3.8, 4) is 111 Å². The standard InChI is InChI=1S/C49H32O.C48H36.C47H32/c1-49(2)47-33-15-6-4-13-30(33)22-25-39(47)38-20-11-21-40(48(38)49)45-36-18-9-7-16-34(36)44(35-17-8-10-19-37(35)45)31-24-26-42-41(28-31)46-32-14-5-3-12-29(32)23-27-43(46)50-42;1-47(2)41-23-12-11-16-32(41)33-26-25-30(28-42(33)47)43-34-17-7-9-19-36(34)44(37-20-10-8-18-35(37)43)40-22-13-21-38-39-27-24-29-14-5-6-15-31(29)45(39)48(3,4)46(38)40;1-47(2)45-34-15-6-4-13-30(34)26-27-40(45)39-20-11-21-41(46(39)47)44-37-18-9-7-16-35(37)43(36-17-8-10-19-38(36)44)32-25-24-31-23-22-29-12-3-5-14-33(29)42(31)28-32/h3-28H,1-2H3;5-28H,1-4H3;3-28H,1-2H3. The minimum absolute atomic E-state index is 0.0527. The summed E-state index contributed by atoms with van der Waals surface area (Å²) in [4.78, 5) is 0. The SMILES string of the molecule is CC1(C)c2c(cccc2-c2c3ccccc3c(-c3ccc4ccc5ccccc5c4c3)c3ccccc23)-c2ccc3ccccc3c21.CC1(C)c2c(cccc2-c2c3ccccc3c(-c3ccc4oc5ccc6ccccc6c5c4c3)c3ccccc23)-c2ccc3ccccc3c21.CC1(C)c2ccccc2-c2ccc(-c3c4ccccc4c(-c4cccc5c4C(C)(C)c4c-5ccc5ccccc45)c4ccccc34)cc21. The molecule has 4 aliphatic rings. The summed E-state index contributed by atoms with van der Waals surface area (Å²) in [5.74, 6) is 0. The molecule has 4 aliphatic carbocycles. The van der Waals surface area contributed by atoms with Crippen molar-refractivity contribution in [2.75, 3.05) is 0 Å². The van der Waals surface area contributed by atoms with Crippen LogP contribution < -0.4 is 0 Å². The zero-order valence-corrected chi connectivity index (χ0v) is 82.3. The van der Waals surface area contributed by atoms with E-state index < -0.39 is 0 Å². The second-order valence-corrected chi connectivity index (χ2v) is 42.8. The molecule has 26 aromatic carbocycles. The van der Waals surface area contributed by atoms with Crippen molar-refractivity contribution in [1.29, 1.82) is 0 Å². The lowest BCUT2D eigenvalue weighted by molar-refractivity contribution is 0.660. The maximum atomic E-state index is 6.42. The topological polar surface area (TPSA) is 13.1 Å². The van der Waals surface area contributed by atoms with Gasteiger partial charge in [-0.2, -0.15) is 0 Å². The minimum Gasteiger partial charge on any atom is -0.456 e. The predicted octanol–water partition coefficient (Wildman–Crippen LogP) is 40.0. The van der Waals surface area contributed by atoms with E-state index in [0.29, 0.717) is 0 Å². The molecule has 0 unspecified atom stereocenters. The molecule has 0 fully saturated rings. The molecule has 1 nitrogen and oxygen atoms in total. The zero-order valence-electron chi connectivity index (χ0n) is 82.3. The van der Waals surface area contributed by atoms with Gasteiger partial charge in [-0.1, -0.05) is 486 Å². The van der Waals surface area contributed by atoms with E-state index in [0.717, 1.165) is 16.6 Å². The average Bonchev–Trinajstić information content (AvgIpc) is 1.55. The van der Waals surface area contributed by atoms with Crippen LogP contribution in [0.2, 0.25) is 0 Å². The largest absolute Gasteiger partial charge is 0.456 e. The van der Waals surface area contributed by atoms with Crippen molar-refractivity contribution in [2.24, 2.45) is 0 Å². The van der Waals surface area contributed by atoms with Gasteiger partial charge in [0.05, 0.1) is 0 Å². The summed E-state index contributed by atoms with van der Waals surface area (Å²) >= 11 is 0. The van der Waals surface area contributed by atoms with E-state index in [4.69, 9.17) is 4.42 Å². The minimum atomic E-state index is -0.181. The first-order chi connectivity index (χ1) is 71.0. The smallest absolute Gasteiger partial charge is 0.136 e. The summed E-state index contributed by atoms with van der Waals surface area (Å²) in [5.41, 5.74) is 39.1. The molecular formula is C144H100O. The van der Waals surface area contributed by atoms with Gasteiger partial charge >= 0.3 is 0 Å². The second kappa shape index (κ2) is 31.6. The fourth-order valence-corrected chi connectivity index (χ4v) is 27.8. The van der Waals surface area contributed by atoms with Gasteiger partial charge in [-0.15, -0.1) is 0 Å². The summed E-state index contributed by atoms with van der Waals surface area (Å²) in [6, 6.07) is 172. The van der Waals surface area contributed by atoms with E-state index in [9.17, 15) is 0 Å². The molecule has 0 saturated carbocycles. The Morgan fingerprint density at radius 1 is 0.138 bits per heavy atom. The summed E-state index contributed by atoms with van der Waals surface area (Å²) in [5, 5.41) is 33.3. The van der Waals surface area contributed by atoms with Gasteiger partial charge in [0.15, 0.2) is 0 Å². The number of fused-ring (bicyclic) bond motifs is 32. The van der Waals surface area contributed by atoms with Crippen LogP contribution in [0.5, 0.6) is 0 Å². The Morgan fingerprint density at radius 2 is 0.379 bits per heavy atom. The van der Waals surface area contributed by atoms with Crippen molar-refractivity contribution in [2.45, 2.75) is 77.0 Å². The van der Waals surface area contributed by atoms with Gasteiger partial charge in [0, 0.05) is 32.4 Å². The highest BCUT2D eigenvalue weighted by molar-refractivity contribution is 6.28. The van der Waals surface area contributed by atoms with Crippen molar-refractivity contribution < 1.29 is 4.42 Å². The molecule has 0 bridgehead atoms. The first-order valence-corrected chi connectivity index (χ1v) is 51.3. The summed E-state index contributed by atoms with van der Waals surface area (Å²) in [7, 11) is 0. The van der Waals surface area contributed by atoms with E-state index in [1.165, 1.54) is 290 Å². The van der Waals surface area contributed by atoms with Crippen molar-refractivity contribution in [1.82, 2.24) is 0 Å². The van der Waals surface area contributed by atoms with E-state index in [1.807, 2.05) is 0 Å². The lowest BCUT2D eigenvalue weighted by Gasteiger charge is -2.27. The number of hydrogen-bond acceptors (Lipinski definition) is 1. The quantitative estimate of drug-likeness (QED) is 0.119. The predicted molar refractivity (Wildman–Crippen MR) is 620 cm³/mol. The lowest BCUT2D eigenvalue weighted by atomic mass is 9.75. The first-order valence-electron chi connectivity index (χ1n) is 51.3. The molecule has 0 radical (unpaired) electrons. The van der Waals surface area contributed by atoms with Gasteiger partial charge in [0.25, 0.3) is 0 Å². The third-order valence-corrected chi connectivity index (χ3v) is 33.8. The van der Waals surface area contributed by atoms with Gasteiger partial charge in [0.2, 0.25) is 0 Å². The summed E-state index contributed by atoms with van der Waals surface area (Å²) < 4.78 is 6.42. The van der Waals surface area contributed by atoms with Gasteiger partial charge in [-0.3, -0.25) is 0 Å². The fraction of sp³-hybridized carbons (Fsp3) is 0.0833. The molecule has 1 aromatic heterocycles. The molecule has 682 valence electrons. The molecule has 0 atom stereocenters. The van der Waals surface area contributed by atoms with E-state index >= 15 is 0 Å². The Balaban J connectivity index is 0.000000103. The molecule has 27 aromatic rings. The Hall–Kier alpha value is -17.4. The highest BCUT2D eigenvalue weighted by Gasteiger charge is 2.44. The molecule has 1 heterocycles. The monoisotopic (exact) mass is 1840 g/mol. The molecule has 0 N–H and O–H groups in total. The van der Waals surface area contributed by atoms with Crippen LogP contribution in [0, 0.1) is 0 Å². The van der Waals surface area contributed by atoms with Crippen LogP contribution in [0.1, 0.15) is 99.9 Å². The van der Waals surface area contributed by atoms with Crippen LogP contribution in [0.4, 0.5) is 0 Å². The molecule has 0 spiro atoms. The Morgan fingerprint density at radius 3 is 0.779 bits per heavy atom. The normalized spacial score (nSPS) is 14.0. The van der Waals surface area contributed by atoms with Gasteiger partial charge < -0.3 is 4.42 Å². The van der Waals surface area contributed by atoms with Crippen LogP contribution in [0.15, 0.2) is 465 Å². The zero-order chi connectivity index (χ0) is 96.8. The van der Waals surface area contributed by atoms with Crippen LogP contribution >= 0.6 is 0 Å². The van der Waals surface area contributed by atoms with Gasteiger partial charge in [-0.05, 0) is 315 Å². The lowest BCUT2D eigenvalue weighted by Crippen LogP contribution is -2.17. The molecule has 1 heteroatoms. The van der Waals surface area contributed by atoms with Crippen molar-refractivity contribution >= 4 is 151 Å². The molecule has 0 aliphatic heterocycles. The van der Waals surface area contributed by atoms with Crippen molar-refractivity contribution in [3.63, 3.8) is 0 Å². The third kappa shape index (κ3) is 12.3. The average molecular weight is 1850 g/mol. The number of benzene rings is 26. The van der Waals surface area contributed by atoms with E-state index in [2.05, 4.69) is 516 Å². The molecule has 0 amide bonds. The number of furan rings is 1. The Labute approximate surface area is 843 Å². The van der Waals surface area contributed by atoms with E-state index in [-0.39, 0.29) is 21.7 Å². The fourth-order valence-electron chi connectivity index (χ4n) is 27.8.